The summed E-state index contributed by atoms with van der Waals surface area (Å²) < 4.78 is 44.3. The van der Waals surface area contributed by atoms with Gasteiger partial charge in [0.05, 0.1) is 17.8 Å². The van der Waals surface area contributed by atoms with Crippen LogP contribution in [0.4, 0.5) is 13.2 Å². The molecule has 164 valence electrons. The molecule has 3 atom stereocenters. The van der Waals surface area contributed by atoms with Crippen molar-refractivity contribution in [3.8, 4) is 0 Å². The summed E-state index contributed by atoms with van der Waals surface area (Å²) in [4.78, 5) is 17.2. The summed E-state index contributed by atoms with van der Waals surface area (Å²) in [5, 5.41) is 7.03. The van der Waals surface area contributed by atoms with Crippen molar-refractivity contribution in [3.63, 3.8) is 0 Å². The van der Waals surface area contributed by atoms with E-state index in [-0.39, 0.29) is 11.8 Å². The molecule has 9 heteroatoms. The molecule has 0 saturated heterocycles. The van der Waals surface area contributed by atoms with Crippen molar-refractivity contribution in [1.82, 2.24) is 24.6 Å². The predicted octanol–water partition coefficient (Wildman–Crippen LogP) is 3.47. The molecule has 31 heavy (non-hydrogen) atoms. The van der Waals surface area contributed by atoms with Gasteiger partial charge in [-0.15, -0.1) is 0 Å². The van der Waals surface area contributed by atoms with E-state index in [0.717, 1.165) is 25.8 Å². The summed E-state index contributed by atoms with van der Waals surface area (Å²) >= 11 is 0. The van der Waals surface area contributed by atoms with Crippen LogP contribution in [0.2, 0.25) is 0 Å². The Balaban J connectivity index is 1.38. The molecule has 1 fully saturated rings. The van der Waals surface area contributed by atoms with Crippen LogP contribution in [0.25, 0.3) is 0 Å². The van der Waals surface area contributed by atoms with Crippen LogP contribution >= 0.6 is 0 Å². The quantitative estimate of drug-likeness (QED) is 0.713. The van der Waals surface area contributed by atoms with Gasteiger partial charge in [0.15, 0.2) is 5.69 Å². The molecule has 2 aromatic rings. The smallest absolute Gasteiger partial charge is 0.355 e. The molecule has 3 unspecified atom stereocenters. The lowest BCUT2D eigenvalue weighted by atomic mass is 9.95. The number of alkyl halides is 3. The average molecular weight is 431 g/mol. The zero-order valence-corrected chi connectivity index (χ0v) is 17.0. The summed E-state index contributed by atoms with van der Waals surface area (Å²) in [7, 11) is 0. The standard InChI is InChI=1S/C22H24F3N5O/c23-22(24,25)18-15-6-1-2-8-17(15)30(28-18)19-16-7-3-4-9-21(16,19)20(31)27-10-5-12-29-13-11-26-14-29/h3-4,7,9,11,13-14,16,19H,1-2,5-6,8,10,12H2,(H,27,31). The number of allylic oxidation sites excluding steroid dienone is 3. The molecule has 3 aliphatic carbocycles. The lowest BCUT2D eigenvalue weighted by Gasteiger charge is -2.17. The SMILES string of the molecule is O=C(NCCCn1ccnc1)C12C=CC=CC1C2n1nc(C(F)(F)F)c2c1CCCC2. The van der Waals surface area contributed by atoms with Gasteiger partial charge in [0.25, 0.3) is 0 Å². The highest BCUT2D eigenvalue weighted by molar-refractivity contribution is 5.90. The molecule has 3 aliphatic rings. The van der Waals surface area contributed by atoms with Crippen molar-refractivity contribution in [2.24, 2.45) is 11.3 Å². The number of rotatable bonds is 6. The van der Waals surface area contributed by atoms with Gasteiger partial charge < -0.3 is 9.88 Å². The summed E-state index contributed by atoms with van der Waals surface area (Å²) in [5.41, 5.74) is -0.697. The summed E-state index contributed by atoms with van der Waals surface area (Å²) in [6, 6.07) is -0.418. The van der Waals surface area contributed by atoms with E-state index in [2.05, 4.69) is 15.4 Å². The number of imidazole rings is 1. The summed E-state index contributed by atoms with van der Waals surface area (Å²) in [6.07, 6.45) is 11.5. The van der Waals surface area contributed by atoms with Gasteiger partial charge in [0.2, 0.25) is 5.91 Å². The number of fused-ring (bicyclic) bond motifs is 2. The Morgan fingerprint density at radius 1 is 1.26 bits per heavy atom. The Morgan fingerprint density at radius 3 is 2.87 bits per heavy atom. The number of hydrogen-bond acceptors (Lipinski definition) is 3. The highest BCUT2D eigenvalue weighted by atomic mass is 19.4. The minimum atomic E-state index is -4.48. The molecule has 0 aliphatic heterocycles. The molecular formula is C22H24F3N5O. The Kier molecular flexibility index (Phi) is 4.79. The number of amides is 1. The van der Waals surface area contributed by atoms with Crippen LogP contribution < -0.4 is 5.32 Å². The van der Waals surface area contributed by atoms with Gasteiger partial charge in [-0.05, 0) is 32.1 Å². The topological polar surface area (TPSA) is 64.7 Å². The third-order valence-electron chi connectivity index (χ3n) is 6.65. The van der Waals surface area contributed by atoms with Crippen molar-refractivity contribution >= 4 is 5.91 Å². The van der Waals surface area contributed by atoms with Crippen LogP contribution in [-0.4, -0.2) is 31.8 Å². The zero-order chi connectivity index (χ0) is 21.6. The van der Waals surface area contributed by atoms with E-state index in [9.17, 15) is 18.0 Å². The van der Waals surface area contributed by atoms with E-state index in [1.54, 1.807) is 12.5 Å². The third kappa shape index (κ3) is 3.30. The van der Waals surface area contributed by atoms with Gasteiger partial charge in [-0.1, -0.05) is 24.3 Å². The second-order valence-electron chi connectivity index (χ2n) is 8.48. The molecule has 0 bridgehead atoms. The number of aryl methyl sites for hydroxylation is 1. The van der Waals surface area contributed by atoms with Gasteiger partial charge in [0.1, 0.15) is 0 Å². The van der Waals surface area contributed by atoms with Gasteiger partial charge in [-0.2, -0.15) is 18.3 Å². The maximum Gasteiger partial charge on any atom is 0.435 e. The second-order valence-corrected chi connectivity index (χ2v) is 8.48. The van der Waals surface area contributed by atoms with Crippen molar-refractivity contribution < 1.29 is 18.0 Å². The fourth-order valence-corrected chi connectivity index (χ4v) is 5.12. The molecule has 0 spiro atoms. The largest absolute Gasteiger partial charge is 0.435 e. The van der Waals surface area contributed by atoms with Crippen LogP contribution in [0.1, 0.15) is 42.3 Å². The Hall–Kier alpha value is -2.84. The normalized spacial score (nSPS) is 26.4. The molecule has 2 aromatic heterocycles. The lowest BCUT2D eigenvalue weighted by Crippen LogP contribution is -2.35. The molecule has 2 heterocycles. The maximum atomic E-state index is 13.6. The monoisotopic (exact) mass is 431 g/mol. The molecule has 1 saturated carbocycles. The van der Waals surface area contributed by atoms with Crippen LogP contribution in [0.5, 0.6) is 0 Å². The average Bonchev–Trinajstić information content (AvgIpc) is 3.06. The minimum Gasteiger partial charge on any atom is -0.355 e. The first kappa shape index (κ1) is 20.1. The molecule has 0 radical (unpaired) electrons. The Morgan fingerprint density at radius 2 is 2.10 bits per heavy atom. The molecule has 5 rings (SSSR count). The predicted molar refractivity (Wildman–Crippen MR) is 107 cm³/mol. The fraction of sp³-hybridized carbons (Fsp3) is 0.500. The van der Waals surface area contributed by atoms with E-state index in [1.165, 1.54) is 4.68 Å². The van der Waals surface area contributed by atoms with Crippen LogP contribution in [0, 0.1) is 11.3 Å². The molecule has 1 N–H and O–H groups in total. The van der Waals surface area contributed by atoms with E-state index >= 15 is 0 Å². The summed E-state index contributed by atoms with van der Waals surface area (Å²) in [6.45, 7) is 1.22. The van der Waals surface area contributed by atoms with Crippen LogP contribution in [0.3, 0.4) is 0 Å². The van der Waals surface area contributed by atoms with E-state index < -0.39 is 23.3 Å². The second kappa shape index (κ2) is 7.39. The first-order chi connectivity index (χ1) is 14.9. The molecular weight excluding hydrogens is 407 g/mol. The van der Waals surface area contributed by atoms with Gasteiger partial charge in [-0.3, -0.25) is 9.48 Å². The number of hydrogen-bond donors (Lipinski definition) is 1. The number of aromatic nitrogens is 4. The van der Waals surface area contributed by atoms with E-state index in [1.807, 2.05) is 35.1 Å². The number of nitrogens with zero attached hydrogens (tertiary/aromatic N) is 4. The van der Waals surface area contributed by atoms with Gasteiger partial charge >= 0.3 is 6.18 Å². The first-order valence-electron chi connectivity index (χ1n) is 10.7. The van der Waals surface area contributed by atoms with Gasteiger partial charge in [0, 0.05) is 42.7 Å². The maximum absolute atomic E-state index is 13.6. The summed E-state index contributed by atoms with van der Waals surface area (Å²) in [5.74, 6) is -0.333. The van der Waals surface area contributed by atoms with Crippen molar-refractivity contribution in [1.29, 1.82) is 0 Å². The number of carbonyl (C=O) groups excluding carboxylic acids is 1. The fourth-order valence-electron chi connectivity index (χ4n) is 5.12. The lowest BCUT2D eigenvalue weighted by molar-refractivity contribution is -0.142. The number of nitrogens with one attached hydrogen (secondary N) is 1. The van der Waals surface area contributed by atoms with Crippen molar-refractivity contribution in [3.05, 3.63) is 60.0 Å². The van der Waals surface area contributed by atoms with Crippen LogP contribution in [0.15, 0.2) is 43.0 Å². The van der Waals surface area contributed by atoms with E-state index in [4.69, 9.17) is 0 Å². The van der Waals surface area contributed by atoms with Crippen molar-refractivity contribution in [2.45, 2.75) is 50.9 Å². The minimum absolute atomic E-state index is 0.151. The number of carbonyl (C=O) groups is 1. The molecule has 6 nitrogen and oxygen atoms in total. The zero-order valence-electron chi connectivity index (χ0n) is 17.0. The highest BCUT2D eigenvalue weighted by Crippen LogP contribution is 2.66. The first-order valence-corrected chi connectivity index (χ1v) is 10.7. The number of halogens is 3. The van der Waals surface area contributed by atoms with E-state index in [0.29, 0.717) is 30.6 Å². The Labute approximate surface area is 177 Å². The molecule has 1 amide bonds. The van der Waals surface area contributed by atoms with Crippen LogP contribution in [-0.2, 0) is 30.4 Å². The van der Waals surface area contributed by atoms with Crippen molar-refractivity contribution in [2.75, 3.05) is 6.54 Å². The van der Waals surface area contributed by atoms with Gasteiger partial charge in [-0.25, -0.2) is 4.98 Å². The molecule has 0 aromatic carbocycles. The highest BCUT2D eigenvalue weighted by Gasteiger charge is 2.69. The Bertz CT molecular complexity index is 1040. The third-order valence-corrected chi connectivity index (χ3v) is 6.65.